The van der Waals surface area contributed by atoms with Gasteiger partial charge in [-0.25, -0.2) is 9.89 Å². The van der Waals surface area contributed by atoms with Crippen LogP contribution < -0.4 is 11.0 Å². The molecule has 1 aromatic heterocycles. The molecule has 2 unspecified atom stereocenters. The summed E-state index contributed by atoms with van der Waals surface area (Å²) < 4.78 is 1.76. The van der Waals surface area contributed by atoms with E-state index in [1.807, 2.05) is 7.05 Å². The highest BCUT2D eigenvalue weighted by Gasteiger charge is 2.39. The van der Waals surface area contributed by atoms with Crippen LogP contribution in [-0.2, 0) is 6.54 Å². The monoisotopic (exact) mass is 298 g/mol. The summed E-state index contributed by atoms with van der Waals surface area (Å²) in [5.41, 5.74) is 0.196. The van der Waals surface area contributed by atoms with Gasteiger partial charge >= 0.3 is 5.69 Å². The lowest BCUT2D eigenvalue weighted by Gasteiger charge is -2.43. The molecule has 2 atom stereocenters. The van der Waals surface area contributed by atoms with Crippen molar-refractivity contribution in [3.8, 4) is 0 Å². The van der Waals surface area contributed by atoms with Gasteiger partial charge in [0.1, 0.15) is 0 Å². The van der Waals surface area contributed by atoms with Gasteiger partial charge in [0.15, 0.2) is 5.16 Å². The summed E-state index contributed by atoms with van der Waals surface area (Å²) in [5, 5.41) is 11.6. The lowest BCUT2D eigenvalue weighted by Crippen LogP contribution is -2.50. The zero-order valence-corrected chi connectivity index (χ0v) is 13.7. The molecule has 20 heavy (non-hydrogen) atoms. The quantitative estimate of drug-likeness (QED) is 0.875. The average Bonchev–Trinajstić information content (AvgIpc) is 2.71. The third kappa shape index (κ3) is 3.11. The van der Waals surface area contributed by atoms with Crippen molar-refractivity contribution < 1.29 is 0 Å². The lowest BCUT2D eigenvalue weighted by molar-refractivity contribution is 0.182. The molecule has 0 aromatic carbocycles. The highest BCUT2D eigenvalue weighted by molar-refractivity contribution is 7.99. The minimum Gasteiger partial charge on any atom is -0.315 e. The maximum absolute atomic E-state index is 11.8. The van der Waals surface area contributed by atoms with Crippen LogP contribution in [0.2, 0.25) is 0 Å². The van der Waals surface area contributed by atoms with Crippen LogP contribution in [0, 0.1) is 5.41 Å². The highest BCUT2D eigenvalue weighted by Crippen LogP contribution is 2.42. The maximum Gasteiger partial charge on any atom is 0.343 e. The van der Waals surface area contributed by atoms with Crippen LogP contribution in [0.15, 0.2) is 9.95 Å². The molecule has 1 aliphatic carbocycles. The van der Waals surface area contributed by atoms with E-state index in [1.54, 1.807) is 16.3 Å². The van der Waals surface area contributed by atoms with Crippen LogP contribution in [0.3, 0.4) is 0 Å². The predicted molar refractivity (Wildman–Crippen MR) is 83.3 cm³/mol. The van der Waals surface area contributed by atoms with Crippen LogP contribution in [0.25, 0.3) is 0 Å². The topological polar surface area (TPSA) is 62.7 Å². The first-order valence-electron chi connectivity index (χ1n) is 7.48. The minimum atomic E-state index is -0.0922. The van der Waals surface area contributed by atoms with Gasteiger partial charge in [0.2, 0.25) is 0 Å². The summed E-state index contributed by atoms with van der Waals surface area (Å²) in [6.45, 7) is 7.46. The van der Waals surface area contributed by atoms with E-state index in [0.717, 1.165) is 18.1 Å². The molecule has 1 aliphatic rings. The number of rotatable bonds is 5. The van der Waals surface area contributed by atoms with Crippen LogP contribution in [-0.4, -0.2) is 33.1 Å². The largest absolute Gasteiger partial charge is 0.343 e. The Morgan fingerprint density at radius 1 is 1.55 bits per heavy atom. The molecule has 1 fully saturated rings. The fraction of sp³-hybridized carbons (Fsp3) is 0.857. The first kappa shape index (κ1) is 15.6. The molecule has 5 nitrogen and oxygen atoms in total. The Bertz CT molecular complexity index is 494. The summed E-state index contributed by atoms with van der Waals surface area (Å²) in [7, 11) is 2.04. The molecule has 2 N–H and O–H groups in total. The summed E-state index contributed by atoms with van der Waals surface area (Å²) in [5.74, 6) is 0. The average molecular weight is 298 g/mol. The van der Waals surface area contributed by atoms with Gasteiger partial charge in [-0.15, -0.1) is 5.10 Å². The molecule has 114 valence electrons. The molecular weight excluding hydrogens is 272 g/mol. The third-order valence-corrected chi connectivity index (χ3v) is 5.59. The SMILES string of the molecule is CCCn1c(SC2CCCC(C)(C)C2NC)n[nH]c1=O. The van der Waals surface area contributed by atoms with E-state index in [4.69, 9.17) is 0 Å². The number of nitrogens with one attached hydrogen (secondary N) is 2. The van der Waals surface area contributed by atoms with Crippen molar-refractivity contribution in [1.29, 1.82) is 0 Å². The van der Waals surface area contributed by atoms with Crippen molar-refractivity contribution in [1.82, 2.24) is 20.1 Å². The summed E-state index contributed by atoms with van der Waals surface area (Å²) in [6, 6.07) is 0.447. The van der Waals surface area contributed by atoms with Crippen molar-refractivity contribution in [2.75, 3.05) is 7.05 Å². The number of hydrogen-bond donors (Lipinski definition) is 2. The fourth-order valence-electron chi connectivity index (χ4n) is 3.24. The number of H-pyrrole nitrogens is 1. The highest BCUT2D eigenvalue weighted by atomic mass is 32.2. The molecular formula is C14H26N4OS. The summed E-state index contributed by atoms with van der Waals surface area (Å²) >= 11 is 1.75. The van der Waals surface area contributed by atoms with Gasteiger partial charge in [-0.1, -0.05) is 39.0 Å². The van der Waals surface area contributed by atoms with Crippen LogP contribution in [0.5, 0.6) is 0 Å². The normalized spacial score (nSPS) is 25.8. The van der Waals surface area contributed by atoms with E-state index in [-0.39, 0.29) is 11.1 Å². The molecule has 1 heterocycles. The molecule has 0 radical (unpaired) electrons. The Morgan fingerprint density at radius 3 is 2.95 bits per heavy atom. The third-order valence-electron chi connectivity index (χ3n) is 4.26. The van der Waals surface area contributed by atoms with Crippen molar-refractivity contribution in [2.45, 2.75) is 69.4 Å². The van der Waals surface area contributed by atoms with Gasteiger partial charge < -0.3 is 5.32 Å². The number of aromatic nitrogens is 3. The summed E-state index contributed by atoms with van der Waals surface area (Å²) in [4.78, 5) is 11.8. The number of nitrogens with zero attached hydrogens (tertiary/aromatic N) is 2. The van der Waals surface area contributed by atoms with E-state index in [9.17, 15) is 4.79 Å². The molecule has 0 saturated heterocycles. The zero-order chi connectivity index (χ0) is 14.8. The van der Waals surface area contributed by atoms with Gasteiger partial charge in [0, 0.05) is 17.8 Å². The second kappa shape index (κ2) is 6.35. The first-order valence-corrected chi connectivity index (χ1v) is 8.36. The van der Waals surface area contributed by atoms with E-state index in [2.05, 4.69) is 36.3 Å². The zero-order valence-electron chi connectivity index (χ0n) is 12.9. The molecule has 6 heteroatoms. The molecule has 1 aromatic rings. The standard InChI is InChI=1S/C14H26N4OS/c1-5-9-18-12(19)16-17-13(18)20-10-7-6-8-14(2,3)11(10)15-4/h10-11,15H,5-9H2,1-4H3,(H,16,19). The van der Waals surface area contributed by atoms with E-state index in [0.29, 0.717) is 11.3 Å². The van der Waals surface area contributed by atoms with Gasteiger partial charge in [-0.3, -0.25) is 4.57 Å². The molecule has 0 spiro atoms. The number of aromatic amines is 1. The van der Waals surface area contributed by atoms with Crippen LogP contribution in [0.1, 0.15) is 46.5 Å². The smallest absolute Gasteiger partial charge is 0.315 e. The second-order valence-corrected chi connectivity index (χ2v) is 7.47. The van der Waals surface area contributed by atoms with Crippen molar-refractivity contribution in [3.05, 3.63) is 10.5 Å². The molecule has 0 bridgehead atoms. The Hall–Kier alpha value is -0.750. The van der Waals surface area contributed by atoms with Gasteiger partial charge in [0.05, 0.1) is 0 Å². The first-order chi connectivity index (χ1) is 9.49. The Morgan fingerprint density at radius 2 is 2.30 bits per heavy atom. The molecule has 0 amide bonds. The number of hydrogen-bond acceptors (Lipinski definition) is 4. The van der Waals surface area contributed by atoms with Crippen molar-refractivity contribution in [2.24, 2.45) is 5.41 Å². The van der Waals surface area contributed by atoms with E-state index in [1.165, 1.54) is 19.3 Å². The van der Waals surface area contributed by atoms with Crippen LogP contribution >= 0.6 is 11.8 Å². The fourth-order valence-corrected chi connectivity index (χ4v) is 4.83. The van der Waals surface area contributed by atoms with E-state index >= 15 is 0 Å². The molecule has 2 rings (SSSR count). The molecule has 0 aliphatic heterocycles. The summed E-state index contributed by atoms with van der Waals surface area (Å²) in [6.07, 6.45) is 4.61. The Balaban J connectivity index is 2.18. The second-order valence-electron chi connectivity index (χ2n) is 6.27. The minimum absolute atomic E-state index is 0.0922. The van der Waals surface area contributed by atoms with Gasteiger partial charge in [-0.05, 0) is 31.7 Å². The number of thioether (sulfide) groups is 1. The van der Waals surface area contributed by atoms with Crippen molar-refractivity contribution in [3.63, 3.8) is 0 Å². The Labute approximate surface area is 124 Å². The lowest BCUT2D eigenvalue weighted by atomic mass is 9.73. The maximum atomic E-state index is 11.8. The van der Waals surface area contributed by atoms with E-state index < -0.39 is 0 Å². The van der Waals surface area contributed by atoms with Gasteiger partial charge in [0.25, 0.3) is 0 Å². The van der Waals surface area contributed by atoms with Crippen molar-refractivity contribution >= 4 is 11.8 Å². The van der Waals surface area contributed by atoms with Crippen LogP contribution in [0.4, 0.5) is 0 Å². The van der Waals surface area contributed by atoms with Gasteiger partial charge in [-0.2, -0.15) is 0 Å². The predicted octanol–water partition coefficient (Wildman–Crippen LogP) is 2.24. The Kier molecular flexibility index (Phi) is 4.96. The molecule has 1 saturated carbocycles.